The van der Waals surface area contributed by atoms with Gasteiger partial charge in [0.05, 0.1) is 11.0 Å². The van der Waals surface area contributed by atoms with Crippen molar-refractivity contribution in [2.45, 2.75) is 51.1 Å². The molecular weight excluding hydrogens is 302 g/mol. The minimum atomic E-state index is 0.0154. The smallest absolute Gasteiger partial charge is 0.117 e. The van der Waals surface area contributed by atoms with Gasteiger partial charge in [-0.15, -0.1) is 0 Å². The lowest BCUT2D eigenvalue weighted by Crippen LogP contribution is -2.40. The van der Waals surface area contributed by atoms with Gasteiger partial charge in [0, 0.05) is 22.5 Å². The first-order valence-corrected chi connectivity index (χ1v) is 7.77. The fraction of sp³-hybridized carbons (Fsp3) is 0.533. The van der Waals surface area contributed by atoms with Crippen LogP contribution in [0.3, 0.4) is 0 Å². The van der Waals surface area contributed by atoms with E-state index in [4.69, 9.17) is 10.7 Å². The molecule has 3 rings (SSSR count). The molecule has 4 heteroatoms. The molecule has 1 aromatic carbocycles. The molecular formula is C15H20BrN3. The molecule has 0 spiro atoms. The maximum atomic E-state index is 6.36. The molecule has 2 aromatic rings. The minimum absolute atomic E-state index is 0.0154. The molecule has 2 unspecified atom stereocenters. The number of hydrogen-bond acceptors (Lipinski definition) is 2. The molecule has 1 fully saturated rings. The fourth-order valence-corrected chi connectivity index (χ4v) is 3.68. The molecule has 19 heavy (non-hydrogen) atoms. The van der Waals surface area contributed by atoms with Crippen LogP contribution >= 0.6 is 15.9 Å². The Balaban J connectivity index is 2.23. The van der Waals surface area contributed by atoms with E-state index in [0.717, 1.165) is 35.2 Å². The number of fused-ring (bicyclic) bond motifs is 1. The SMILES string of the molecule is CCn1c(C2(C)CCCC2N)nc2cc(Br)ccc21. The molecule has 1 aliphatic rings. The van der Waals surface area contributed by atoms with Crippen LogP contribution in [0.1, 0.15) is 38.9 Å². The van der Waals surface area contributed by atoms with Crippen molar-refractivity contribution in [2.75, 3.05) is 0 Å². The van der Waals surface area contributed by atoms with E-state index >= 15 is 0 Å². The number of nitrogens with zero attached hydrogens (tertiary/aromatic N) is 2. The van der Waals surface area contributed by atoms with Gasteiger partial charge in [0.2, 0.25) is 0 Å². The Kier molecular flexibility index (Phi) is 3.18. The first-order valence-electron chi connectivity index (χ1n) is 6.98. The van der Waals surface area contributed by atoms with Gasteiger partial charge < -0.3 is 10.3 Å². The van der Waals surface area contributed by atoms with Gasteiger partial charge in [0.25, 0.3) is 0 Å². The van der Waals surface area contributed by atoms with Crippen molar-refractivity contribution in [3.8, 4) is 0 Å². The molecule has 0 radical (unpaired) electrons. The highest BCUT2D eigenvalue weighted by Gasteiger charge is 2.41. The Bertz CT molecular complexity index is 619. The van der Waals surface area contributed by atoms with Gasteiger partial charge in [-0.25, -0.2) is 4.98 Å². The lowest BCUT2D eigenvalue weighted by molar-refractivity contribution is 0.389. The molecule has 2 N–H and O–H groups in total. The summed E-state index contributed by atoms with van der Waals surface area (Å²) in [6, 6.07) is 6.53. The summed E-state index contributed by atoms with van der Waals surface area (Å²) in [6.45, 7) is 5.39. The van der Waals surface area contributed by atoms with Gasteiger partial charge in [-0.3, -0.25) is 0 Å². The molecule has 1 aromatic heterocycles. The number of rotatable bonds is 2. The van der Waals surface area contributed by atoms with Crippen molar-refractivity contribution >= 4 is 27.0 Å². The summed E-state index contributed by atoms with van der Waals surface area (Å²) in [7, 11) is 0. The van der Waals surface area contributed by atoms with Crippen LogP contribution in [-0.2, 0) is 12.0 Å². The summed E-state index contributed by atoms with van der Waals surface area (Å²) >= 11 is 3.52. The van der Waals surface area contributed by atoms with Gasteiger partial charge in [-0.1, -0.05) is 29.3 Å². The number of aromatic nitrogens is 2. The number of imidazole rings is 1. The molecule has 0 aliphatic heterocycles. The zero-order chi connectivity index (χ0) is 13.6. The Morgan fingerprint density at radius 2 is 2.32 bits per heavy atom. The molecule has 3 nitrogen and oxygen atoms in total. The lowest BCUT2D eigenvalue weighted by Gasteiger charge is -2.29. The summed E-state index contributed by atoms with van der Waals surface area (Å²) in [5.41, 5.74) is 8.64. The summed E-state index contributed by atoms with van der Waals surface area (Å²) in [6.07, 6.45) is 3.44. The van der Waals surface area contributed by atoms with Gasteiger partial charge in [-0.05, 0) is 38.0 Å². The Hall–Kier alpha value is -0.870. The Labute approximate surface area is 122 Å². The maximum absolute atomic E-state index is 6.36. The molecule has 1 heterocycles. The average Bonchev–Trinajstić information content (AvgIpc) is 2.91. The summed E-state index contributed by atoms with van der Waals surface area (Å²) in [4.78, 5) is 4.90. The van der Waals surface area contributed by atoms with Crippen LogP contribution in [0.4, 0.5) is 0 Å². The highest BCUT2D eigenvalue weighted by Crippen LogP contribution is 2.40. The standard InChI is InChI=1S/C15H20BrN3/c1-3-19-12-7-6-10(16)9-11(12)18-14(19)15(2)8-4-5-13(15)17/h6-7,9,13H,3-5,8,17H2,1-2H3. The van der Waals surface area contributed by atoms with E-state index in [2.05, 4.69) is 52.5 Å². The second-order valence-electron chi connectivity index (χ2n) is 5.73. The molecule has 2 atom stereocenters. The summed E-state index contributed by atoms with van der Waals surface area (Å²) < 4.78 is 3.40. The van der Waals surface area contributed by atoms with Crippen LogP contribution < -0.4 is 5.73 Å². The molecule has 0 bridgehead atoms. The number of aryl methyl sites for hydroxylation is 1. The van der Waals surface area contributed by atoms with Crippen molar-refractivity contribution < 1.29 is 0 Å². The number of hydrogen-bond donors (Lipinski definition) is 1. The summed E-state index contributed by atoms with van der Waals surface area (Å²) in [5, 5.41) is 0. The van der Waals surface area contributed by atoms with Crippen LogP contribution in [-0.4, -0.2) is 15.6 Å². The van der Waals surface area contributed by atoms with E-state index in [0.29, 0.717) is 0 Å². The van der Waals surface area contributed by atoms with E-state index in [1.54, 1.807) is 0 Å². The van der Waals surface area contributed by atoms with Crippen molar-refractivity contribution in [3.63, 3.8) is 0 Å². The zero-order valence-electron chi connectivity index (χ0n) is 11.5. The highest BCUT2D eigenvalue weighted by atomic mass is 79.9. The highest BCUT2D eigenvalue weighted by molar-refractivity contribution is 9.10. The zero-order valence-corrected chi connectivity index (χ0v) is 13.1. The molecule has 0 amide bonds. The van der Waals surface area contributed by atoms with Crippen molar-refractivity contribution in [2.24, 2.45) is 5.73 Å². The molecule has 102 valence electrons. The van der Waals surface area contributed by atoms with E-state index in [1.165, 1.54) is 11.9 Å². The predicted molar refractivity (Wildman–Crippen MR) is 82.3 cm³/mol. The largest absolute Gasteiger partial charge is 0.328 e. The average molecular weight is 322 g/mol. The monoisotopic (exact) mass is 321 g/mol. The van der Waals surface area contributed by atoms with E-state index in [1.807, 2.05) is 0 Å². The number of halogens is 1. The lowest BCUT2D eigenvalue weighted by atomic mass is 9.84. The van der Waals surface area contributed by atoms with Gasteiger partial charge in [0.1, 0.15) is 5.82 Å². The fourth-order valence-electron chi connectivity index (χ4n) is 3.33. The summed E-state index contributed by atoms with van der Waals surface area (Å²) in [5.74, 6) is 1.16. The first kappa shape index (κ1) is 13.1. The maximum Gasteiger partial charge on any atom is 0.117 e. The number of nitrogens with two attached hydrogens (primary N) is 1. The molecule has 1 aliphatic carbocycles. The predicted octanol–water partition coefficient (Wildman–Crippen LogP) is 3.59. The van der Waals surface area contributed by atoms with E-state index < -0.39 is 0 Å². The normalized spacial score (nSPS) is 27.3. The van der Waals surface area contributed by atoms with Crippen LogP contribution in [0.15, 0.2) is 22.7 Å². The third kappa shape index (κ3) is 1.93. The molecule has 1 saturated carbocycles. The van der Waals surface area contributed by atoms with Gasteiger partial charge >= 0.3 is 0 Å². The Morgan fingerprint density at radius 3 is 2.95 bits per heavy atom. The van der Waals surface area contributed by atoms with Crippen molar-refractivity contribution in [1.82, 2.24) is 9.55 Å². The Morgan fingerprint density at radius 1 is 1.53 bits per heavy atom. The van der Waals surface area contributed by atoms with E-state index in [9.17, 15) is 0 Å². The second kappa shape index (κ2) is 4.60. The van der Waals surface area contributed by atoms with Crippen LogP contribution in [0.2, 0.25) is 0 Å². The number of benzene rings is 1. The van der Waals surface area contributed by atoms with Crippen LogP contribution in [0.5, 0.6) is 0 Å². The minimum Gasteiger partial charge on any atom is -0.328 e. The van der Waals surface area contributed by atoms with Crippen LogP contribution in [0.25, 0.3) is 11.0 Å². The molecule has 0 saturated heterocycles. The van der Waals surface area contributed by atoms with Gasteiger partial charge in [-0.2, -0.15) is 0 Å². The third-order valence-corrected chi connectivity index (χ3v) is 5.06. The second-order valence-corrected chi connectivity index (χ2v) is 6.64. The van der Waals surface area contributed by atoms with Crippen LogP contribution in [0, 0.1) is 0 Å². The first-order chi connectivity index (χ1) is 9.06. The topological polar surface area (TPSA) is 43.8 Å². The third-order valence-electron chi connectivity index (χ3n) is 4.57. The van der Waals surface area contributed by atoms with Gasteiger partial charge in [0.15, 0.2) is 0 Å². The van der Waals surface area contributed by atoms with Crippen molar-refractivity contribution in [3.05, 3.63) is 28.5 Å². The quantitative estimate of drug-likeness (QED) is 0.918. The van der Waals surface area contributed by atoms with Crippen molar-refractivity contribution in [1.29, 1.82) is 0 Å². The van der Waals surface area contributed by atoms with E-state index in [-0.39, 0.29) is 11.5 Å².